The van der Waals surface area contributed by atoms with Crippen LogP contribution in [0.4, 0.5) is 0 Å². The van der Waals surface area contributed by atoms with Crippen molar-refractivity contribution in [1.82, 2.24) is 5.32 Å². The van der Waals surface area contributed by atoms with Crippen molar-refractivity contribution in [2.24, 2.45) is 5.92 Å². The van der Waals surface area contributed by atoms with E-state index in [1.54, 1.807) is 18.2 Å². The highest BCUT2D eigenvalue weighted by molar-refractivity contribution is 7.98. The van der Waals surface area contributed by atoms with Crippen LogP contribution in [-0.4, -0.2) is 43.9 Å². The fourth-order valence-electron chi connectivity index (χ4n) is 2.01. The third kappa shape index (κ3) is 6.25. The highest BCUT2D eigenvalue weighted by atomic mass is 35.5. The van der Waals surface area contributed by atoms with E-state index in [4.69, 9.17) is 21.1 Å². The number of ether oxygens (including phenoxy) is 2. The molecule has 0 aliphatic heterocycles. The lowest BCUT2D eigenvalue weighted by Gasteiger charge is -2.21. The second-order valence-electron chi connectivity index (χ2n) is 5.38. The minimum Gasteiger partial charge on any atom is -0.467 e. The Morgan fingerprint density at radius 1 is 1.32 bits per heavy atom. The first-order valence-corrected chi connectivity index (χ1v) is 9.32. The highest BCUT2D eigenvalue weighted by Crippen LogP contribution is 2.23. The number of carbonyl (C=O) groups is 3. The Labute approximate surface area is 156 Å². The van der Waals surface area contributed by atoms with Crippen LogP contribution in [0.25, 0.3) is 0 Å². The fraction of sp³-hybridized carbons (Fsp3) is 0.471. The molecule has 0 heterocycles. The molecule has 0 aliphatic rings. The van der Waals surface area contributed by atoms with Crippen LogP contribution in [-0.2, 0) is 19.1 Å². The van der Waals surface area contributed by atoms with E-state index in [9.17, 15) is 14.4 Å². The van der Waals surface area contributed by atoms with E-state index in [0.29, 0.717) is 6.42 Å². The normalized spacial score (nSPS) is 12.8. The Balaban J connectivity index is 2.69. The van der Waals surface area contributed by atoms with Gasteiger partial charge in [-0.25, -0.2) is 9.59 Å². The van der Waals surface area contributed by atoms with E-state index < -0.39 is 30.5 Å². The predicted molar refractivity (Wildman–Crippen MR) is 96.9 cm³/mol. The molecule has 1 N–H and O–H groups in total. The lowest BCUT2D eigenvalue weighted by molar-refractivity contribution is -0.147. The summed E-state index contributed by atoms with van der Waals surface area (Å²) in [4.78, 5) is 36.7. The number of amides is 1. The van der Waals surface area contributed by atoms with Crippen LogP contribution in [0, 0.1) is 5.92 Å². The molecule has 138 valence electrons. The summed E-state index contributed by atoms with van der Waals surface area (Å²) in [6.45, 7) is 3.21. The molecule has 6 nitrogen and oxygen atoms in total. The minimum absolute atomic E-state index is 0.111. The van der Waals surface area contributed by atoms with Crippen LogP contribution in [0.15, 0.2) is 23.1 Å². The van der Waals surface area contributed by atoms with Crippen LogP contribution in [0.1, 0.15) is 30.6 Å². The molecule has 0 saturated carbocycles. The molecule has 0 unspecified atom stereocenters. The van der Waals surface area contributed by atoms with E-state index in [1.165, 1.54) is 18.9 Å². The SMILES string of the molecule is CC[C@H](C)[C@H](NC(=O)COC(=O)c1cc(SC)ccc1Cl)C(=O)OC. The van der Waals surface area contributed by atoms with Crippen molar-refractivity contribution < 1.29 is 23.9 Å². The Morgan fingerprint density at radius 2 is 2.00 bits per heavy atom. The monoisotopic (exact) mass is 387 g/mol. The fourth-order valence-corrected chi connectivity index (χ4v) is 2.64. The average molecular weight is 388 g/mol. The minimum atomic E-state index is -0.787. The summed E-state index contributed by atoms with van der Waals surface area (Å²) >= 11 is 7.45. The van der Waals surface area contributed by atoms with Gasteiger partial charge in [-0.2, -0.15) is 0 Å². The van der Waals surface area contributed by atoms with Gasteiger partial charge in [-0.3, -0.25) is 4.79 Å². The summed E-state index contributed by atoms with van der Waals surface area (Å²) in [7, 11) is 1.25. The van der Waals surface area contributed by atoms with E-state index in [2.05, 4.69) is 5.32 Å². The van der Waals surface area contributed by atoms with Gasteiger partial charge >= 0.3 is 11.9 Å². The van der Waals surface area contributed by atoms with Crippen molar-refractivity contribution in [2.75, 3.05) is 20.0 Å². The lowest BCUT2D eigenvalue weighted by Crippen LogP contribution is -2.47. The highest BCUT2D eigenvalue weighted by Gasteiger charge is 2.27. The molecule has 0 radical (unpaired) electrons. The second kappa shape index (κ2) is 10.3. The van der Waals surface area contributed by atoms with Gasteiger partial charge in [-0.15, -0.1) is 11.8 Å². The van der Waals surface area contributed by atoms with Crippen LogP contribution >= 0.6 is 23.4 Å². The zero-order chi connectivity index (χ0) is 19.0. The Bertz CT molecular complexity index is 637. The second-order valence-corrected chi connectivity index (χ2v) is 6.66. The van der Waals surface area contributed by atoms with Crippen molar-refractivity contribution >= 4 is 41.2 Å². The zero-order valence-electron chi connectivity index (χ0n) is 14.6. The Morgan fingerprint density at radius 3 is 2.56 bits per heavy atom. The third-order valence-corrected chi connectivity index (χ3v) is 4.77. The Hall–Kier alpha value is -1.73. The van der Waals surface area contributed by atoms with Gasteiger partial charge in [0.15, 0.2) is 6.61 Å². The van der Waals surface area contributed by atoms with Crippen molar-refractivity contribution in [3.8, 4) is 0 Å². The van der Waals surface area contributed by atoms with Crippen LogP contribution in [0.5, 0.6) is 0 Å². The van der Waals surface area contributed by atoms with Gasteiger partial charge < -0.3 is 14.8 Å². The van der Waals surface area contributed by atoms with Gasteiger partial charge in [0, 0.05) is 4.90 Å². The van der Waals surface area contributed by atoms with E-state index in [0.717, 1.165) is 4.90 Å². The summed E-state index contributed by atoms with van der Waals surface area (Å²) in [5, 5.41) is 2.78. The molecule has 2 atom stereocenters. The van der Waals surface area contributed by atoms with Crippen molar-refractivity contribution in [3.63, 3.8) is 0 Å². The topological polar surface area (TPSA) is 81.7 Å². The summed E-state index contributed by atoms with van der Waals surface area (Å²) in [5.41, 5.74) is 0.188. The van der Waals surface area contributed by atoms with Gasteiger partial charge in [-0.1, -0.05) is 31.9 Å². The molecule has 1 rings (SSSR count). The maximum atomic E-state index is 12.1. The lowest BCUT2D eigenvalue weighted by atomic mass is 9.99. The molecule has 1 aromatic rings. The maximum Gasteiger partial charge on any atom is 0.340 e. The van der Waals surface area contributed by atoms with Crippen molar-refractivity contribution in [1.29, 1.82) is 0 Å². The van der Waals surface area contributed by atoms with Gasteiger partial charge in [0.05, 0.1) is 17.7 Å². The molecule has 0 bridgehead atoms. The standard InChI is InChI=1S/C17H22ClNO5S/c1-5-10(2)15(17(22)23-3)19-14(20)9-24-16(21)12-8-11(25-4)6-7-13(12)18/h6-8,10,15H,5,9H2,1-4H3,(H,19,20)/t10-,15-/m0/s1. The first kappa shape index (κ1) is 21.3. The number of hydrogen-bond acceptors (Lipinski definition) is 6. The number of thioether (sulfide) groups is 1. The molecule has 1 amide bonds. The molecule has 0 saturated heterocycles. The number of benzene rings is 1. The number of carbonyl (C=O) groups excluding carboxylic acids is 3. The average Bonchev–Trinajstić information content (AvgIpc) is 2.63. The van der Waals surface area contributed by atoms with Gasteiger partial charge in [0.1, 0.15) is 6.04 Å². The molecular weight excluding hydrogens is 366 g/mol. The quantitative estimate of drug-likeness (QED) is 0.545. The maximum absolute atomic E-state index is 12.1. The summed E-state index contributed by atoms with van der Waals surface area (Å²) in [5.74, 6) is -1.93. The number of rotatable bonds is 8. The summed E-state index contributed by atoms with van der Waals surface area (Å²) < 4.78 is 9.69. The molecule has 25 heavy (non-hydrogen) atoms. The van der Waals surface area contributed by atoms with E-state index >= 15 is 0 Å². The molecule has 0 spiro atoms. The van der Waals surface area contributed by atoms with E-state index in [-0.39, 0.29) is 16.5 Å². The van der Waals surface area contributed by atoms with Crippen LogP contribution in [0.2, 0.25) is 5.02 Å². The van der Waals surface area contributed by atoms with E-state index in [1.807, 2.05) is 20.1 Å². The molecule has 8 heteroatoms. The number of hydrogen-bond donors (Lipinski definition) is 1. The summed E-state index contributed by atoms with van der Waals surface area (Å²) in [6, 6.07) is 4.19. The third-order valence-electron chi connectivity index (χ3n) is 3.71. The first-order valence-electron chi connectivity index (χ1n) is 7.71. The van der Waals surface area contributed by atoms with Crippen LogP contribution in [0.3, 0.4) is 0 Å². The number of esters is 2. The number of nitrogens with one attached hydrogen (secondary N) is 1. The van der Waals surface area contributed by atoms with Gasteiger partial charge in [0.25, 0.3) is 5.91 Å². The molecule has 0 fully saturated rings. The molecular formula is C17H22ClNO5S. The van der Waals surface area contributed by atoms with Crippen LogP contribution < -0.4 is 5.32 Å². The smallest absolute Gasteiger partial charge is 0.340 e. The predicted octanol–water partition coefficient (Wildman–Crippen LogP) is 2.92. The zero-order valence-corrected chi connectivity index (χ0v) is 16.2. The van der Waals surface area contributed by atoms with Gasteiger partial charge in [0.2, 0.25) is 0 Å². The molecule has 0 aromatic heterocycles. The van der Waals surface area contributed by atoms with Crippen molar-refractivity contribution in [2.45, 2.75) is 31.2 Å². The number of methoxy groups -OCH3 is 1. The molecule has 1 aromatic carbocycles. The van der Waals surface area contributed by atoms with Crippen molar-refractivity contribution in [3.05, 3.63) is 28.8 Å². The summed E-state index contributed by atoms with van der Waals surface area (Å²) in [6.07, 6.45) is 2.55. The number of halogens is 1. The van der Waals surface area contributed by atoms with Gasteiger partial charge in [-0.05, 0) is 30.4 Å². The first-order chi connectivity index (χ1) is 11.8. The largest absolute Gasteiger partial charge is 0.467 e. The Kier molecular flexibility index (Phi) is 8.78. The molecule has 0 aliphatic carbocycles.